The molecule has 2 rings (SSSR count). The summed E-state index contributed by atoms with van der Waals surface area (Å²) in [5.41, 5.74) is 1.86. The summed E-state index contributed by atoms with van der Waals surface area (Å²) in [5, 5.41) is 11.7. The van der Waals surface area contributed by atoms with E-state index in [0.717, 1.165) is 4.47 Å². The van der Waals surface area contributed by atoms with E-state index in [-0.39, 0.29) is 11.5 Å². The Morgan fingerprint density at radius 2 is 1.71 bits per heavy atom. The van der Waals surface area contributed by atoms with Gasteiger partial charge in [0.25, 0.3) is 5.91 Å². The van der Waals surface area contributed by atoms with E-state index in [4.69, 9.17) is 5.11 Å². The summed E-state index contributed by atoms with van der Waals surface area (Å²) in [6, 6.07) is 9.94. The van der Waals surface area contributed by atoms with Crippen molar-refractivity contribution in [3.05, 3.63) is 62.0 Å². The van der Waals surface area contributed by atoms with Crippen LogP contribution < -0.4 is 5.32 Å². The quantitative estimate of drug-likeness (QED) is 0.781. The highest BCUT2D eigenvalue weighted by Gasteiger charge is 2.12. The molecule has 0 aliphatic rings. The maximum absolute atomic E-state index is 12.2. The maximum Gasteiger partial charge on any atom is 0.335 e. The largest absolute Gasteiger partial charge is 0.478 e. The van der Waals surface area contributed by atoms with Crippen LogP contribution in [0.2, 0.25) is 0 Å². The summed E-state index contributed by atoms with van der Waals surface area (Å²) >= 11 is 6.66. The molecule has 0 fully saturated rings. The van der Waals surface area contributed by atoms with Gasteiger partial charge in [0.05, 0.1) is 11.1 Å². The number of hydrogen-bond donors (Lipinski definition) is 2. The Labute approximate surface area is 138 Å². The molecule has 0 unspecified atom stereocenters. The molecule has 108 valence electrons. The average molecular weight is 413 g/mol. The van der Waals surface area contributed by atoms with Gasteiger partial charge in [0.1, 0.15) is 0 Å². The highest BCUT2D eigenvalue weighted by Crippen LogP contribution is 2.23. The second kappa shape index (κ2) is 6.41. The molecule has 0 radical (unpaired) electrons. The molecule has 0 aliphatic carbocycles. The van der Waals surface area contributed by atoms with Gasteiger partial charge in [0.15, 0.2) is 0 Å². The van der Waals surface area contributed by atoms with Crippen molar-refractivity contribution in [2.75, 3.05) is 5.32 Å². The first-order valence-electron chi connectivity index (χ1n) is 5.99. The summed E-state index contributed by atoms with van der Waals surface area (Å²) in [4.78, 5) is 23.2. The molecular formula is C15H11Br2NO3. The molecule has 0 saturated heterocycles. The van der Waals surface area contributed by atoms with Crippen LogP contribution in [0.3, 0.4) is 0 Å². The lowest BCUT2D eigenvalue weighted by molar-refractivity contribution is 0.0696. The van der Waals surface area contributed by atoms with Gasteiger partial charge < -0.3 is 10.4 Å². The molecular weight excluding hydrogens is 402 g/mol. The van der Waals surface area contributed by atoms with E-state index in [0.29, 0.717) is 21.3 Å². The zero-order chi connectivity index (χ0) is 15.6. The van der Waals surface area contributed by atoms with Crippen LogP contribution in [0.4, 0.5) is 5.69 Å². The zero-order valence-electron chi connectivity index (χ0n) is 11.0. The molecule has 6 heteroatoms. The van der Waals surface area contributed by atoms with Crippen molar-refractivity contribution in [3.8, 4) is 0 Å². The molecule has 0 bridgehead atoms. The van der Waals surface area contributed by atoms with Crippen molar-refractivity contribution in [1.82, 2.24) is 0 Å². The number of carbonyl (C=O) groups is 2. The predicted molar refractivity (Wildman–Crippen MR) is 87.9 cm³/mol. The number of anilines is 1. The number of amides is 1. The van der Waals surface area contributed by atoms with Crippen molar-refractivity contribution < 1.29 is 14.7 Å². The topological polar surface area (TPSA) is 66.4 Å². The van der Waals surface area contributed by atoms with Gasteiger partial charge in [0.2, 0.25) is 0 Å². The average Bonchev–Trinajstić information content (AvgIpc) is 2.37. The van der Waals surface area contributed by atoms with Crippen molar-refractivity contribution in [2.45, 2.75) is 6.92 Å². The number of aromatic carboxylic acids is 1. The van der Waals surface area contributed by atoms with E-state index in [2.05, 4.69) is 37.2 Å². The van der Waals surface area contributed by atoms with Gasteiger partial charge in [-0.25, -0.2) is 4.79 Å². The van der Waals surface area contributed by atoms with E-state index < -0.39 is 5.97 Å². The Balaban J connectivity index is 2.23. The third-order valence-electron chi connectivity index (χ3n) is 2.89. The van der Waals surface area contributed by atoms with E-state index in [1.807, 2.05) is 0 Å². The SMILES string of the molecule is Cc1cc(NC(=O)c2ccc(Br)cc2Br)ccc1C(=O)O. The first kappa shape index (κ1) is 15.7. The summed E-state index contributed by atoms with van der Waals surface area (Å²) in [7, 11) is 0. The predicted octanol–water partition coefficient (Wildman–Crippen LogP) is 4.47. The number of benzene rings is 2. The third kappa shape index (κ3) is 3.71. The van der Waals surface area contributed by atoms with E-state index in [1.54, 1.807) is 37.3 Å². The van der Waals surface area contributed by atoms with Gasteiger partial charge in [-0.3, -0.25) is 4.79 Å². The van der Waals surface area contributed by atoms with E-state index in [1.165, 1.54) is 6.07 Å². The highest BCUT2D eigenvalue weighted by molar-refractivity contribution is 9.11. The van der Waals surface area contributed by atoms with Crippen molar-refractivity contribution in [1.29, 1.82) is 0 Å². The second-order valence-electron chi connectivity index (χ2n) is 4.41. The summed E-state index contributed by atoms with van der Waals surface area (Å²) in [5.74, 6) is -1.25. The Bertz CT molecular complexity index is 729. The molecule has 2 aromatic carbocycles. The zero-order valence-corrected chi connectivity index (χ0v) is 14.2. The van der Waals surface area contributed by atoms with E-state index in [9.17, 15) is 9.59 Å². The standard InChI is InChI=1S/C15H11Br2NO3/c1-8-6-10(3-5-11(8)15(20)21)18-14(19)12-4-2-9(16)7-13(12)17/h2-7H,1H3,(H,18,19)(H,20,21). The lowest BCUT2D eigenvalue weighted by Gasteiger charge is -2.09. The Hall–Kier alpha value is -1.66. The fourth-order valence-corrected chi connectivity index (χ4v) is 3.08. The number of nitrogens with one attached hydrogen (secondary N) is 1. The number of halogens is 2. The Morgan fingerprint density at radius 3 is 2.29 bits per heavy atom. The molecule has 2 aromatic rings. The highest BCUT2D eigenvalue weighted by atomic mass is 79.9. The van der Waals surface area contributed by atoms with Crippen LogP contribution in [0.5, 0.6) is 0 Å². The van der Waals surface area contributed by atoms with Gasteiger partial charge in [-0.2, -0.15) is 0 Å². The number of carboxylic acids is 1. The second-order valence-corrected chi connectivity index (χ2v) is 6.18. The minimum atomic E-state index is -0.985. The number of carboxylic acid groups (broad SMARTS) is 1. The first-order valence-corrected chi connectivity index (χ1v) is 7.57. The molecule has 0 aliphatic heterocycles. The van der Waals surface area contributed by atoms with Crippen LogP contribution in [0.25, 0.3) is 0 Å². The molecule has 1 amide bonds. The normalized spacial score (nSPS) is 10.2. The van der Waals surface area contributed by atoms with Gasteiger partial charge in [-0.1, -0.05) is 15.9 Å². The lowest BCUT2D eigenvalue weighted by Crippen LogP contribution is -2.13. The lowest BCUT2D eigenvalue weighted by atomic mass is 10.1. The number of carbonyl (C=O) groups excluding carboxylic acids is 1. The Morgan fingerprint density at radius 1 is 1.05 bits per heavy atom. The van der Waals surface area contributed by atoms with Crippen LogP contribution in [0.15, 0.2) is 45.3 Å². The minimum absolute atomic E-state index is 0.220. The molecule has 0 heterocycles. The van der Waals surface area contributed by atoms with Gasteiger partial charge >= 0.3 is 5.97 Å². The number of hydrogen-bond acceptors (Lipinski definition) is 2. The minimum Gasteiger partial charge on any atom is -0.478 e. The van der Waals surface area contributed by atoms with Crippen molar-refractivity contribution >= 4 is 49.4 Å². The first-order chi connectivity index (χ1) is 9.88. The molecule has 4 nitrogen and oxygen atoms in total. The van der Waals surface area contributed by atoms with Crippen molar-refractivity contribution in [3.63, 3.8) is 0 Å². The molecule has 2 N–H and O–H groups in total. The van der Waals surface area contributed by atoms with Crippen LogP contribution in [0, 0.1) is 6.92 Å². The molecule has 0 atom stereocenters. The molecule has 21 heavy (non-hydrogen) atoms. The summed E-state index contributed by atoms with van der Waals surface area (Å²) in [6.07, 6.45) is 0. The summed E-state index contributed by atoms with van der Waals surface area (Å²) in [6.45, 7) is 1.69. The van der Waals surface area contributed by atoms with E-state index >= 15 is 0 Å². The number of rotatable bonds is 3. The fraction of sp³-hybridized carbons (Fsp3) is 0.0667. The number of aryl methyl sites for hydroxylation is 1. The van der Waals surface area contributed by atoms with Crippen molar-refractivity contribution in [2.24, 2.45) is 0 Å². The van der Waals surface area contributed by atoms with Crippen LogP contribution in [-0.2, 0) is 0 Å². The molecule has 0 spiro atoms. The smallest absolute Gasteiger partial charge is 0.335 e. The molecule has 0 aromatic heterocycles. The van der Waals surface area contributed by atoms with Crippen LogP contribution in [0.1, 0.15) is 26.3 Å². The van der Waals surface area contributed by atoms with Gasteiger partial charge in [-0.05, 0) is 64.8 Å². The fourth-order valence-electron chi connectivity index (χ4n) is 1.85. The Kier molecular flexibility index (Phi) is 4.80. The summed E-state index contributed by atoms with van der Waals surface area (Å²) < 4.78 is 1.54. The van der Waals surface area contributed by atoms with Gasteiger partial charge in [0, 0.05) is 14.6 Å². The third-order valence-corrected chi connectivity index (χ3v) is 4.04. The van der Waals surface area contributed by atoms with Gasteiger partial charge in [-0.15, -0.1) is 0 Å². The van der Waals surface area contributed by atoms with Crippen LogP contribution in [-0.4, -0.2) is 17.0 Å². The molecule has 0 saturated carbocycles. The van der Waals surface area contributed by atoms with Crippen LogP contribution >= 0.6 is 31.9 Å². The maximum atomic E-state index is 12.2. The monoisotopic (exact) mass is 411 g/mol.